The molecule has 7 heteroatoms. The molecule has 1 N–H and O–H groups in total. The summed E-state index contributed by atoms with van der Waals surface area (Å²) in [5, 5.41) is 11.2. The average Bonchev–Trinajstić information content (AvgIpc) is 3.29. The topological polar surface area (TPSA) is 94.1 Å². The van der Waals surface area contributed by atoms with E-state index in [-0.39, 0.29) is 11.6 Å². The number of benzene rings is 1. The van der Waals surface area contributed by atoms with Gasteiger partial charge in [0, 0.05) is 18.6 Å². The third kappa shape index (κ3) is 3.63. The predicted molar refractivity (Wildman–Crippen MR) is 97.8 cm³/mol. The Morgan fingerprint density at radius 3 is 2.44 bits per heavy atom. The van der Waals surface area contributed by atoms with Crippen LogP contribution in [0.2, 0.25) is 0 Å². The highest BCUT2D eigenvalue weighted by Crippen LogP contribution is 2.35. The molecule has 4 rings (SSSR count). The van der Waals surface area contributed by atoms with E-state index in [2.05, 4.69) is 20.6 Å². The number of amides is 1. The summed E-state index contributed by atoms with van der Waals surface area (Å²) in [7, 11) is 0. The van der Waals surface area contributed by atoms with Crippen molar-refractivity contribution in [2.75, 3.05) is 0 Å². The van der Waals surface area contributed by atoms with Gasteiger partial charge in [-0.3, -0.25) is 4.79 Å². The Labute approximate surface area is 157 Å². The van der Waals surface area contributed by atoms with Crippen LogP contribution in [0.1, 0.15) is 60.7 Å². The summed E-state index contributed by atoms with van der Waals surface area (Å²) >= 11 is 0. The van der Waals surface area contributed by atoms with Gasteiger partial charge in [0.15, 0.2) is 17.3 Å². The van der Waals surface area contributed by atoms with Crippen molar-refractivity contribution in [3.05, 3.63) is 53.8 Å². The minimum atomic E-state index is -0.628. The average molecular weight is 366 g/mol. The van der Waals surface area contributed by atoms with Gasteiger partial charge in [0.25, 0.3) is 5.91 Å². The quantitative estimate of drug-likeness (QED) is 0.701. The van der Waals surface area contributed by atoms with Gasteiger partial charge in [-0.2, -0.15) is 4.98 Å². The SMILES string of the molecule is Cc1nc(C2(NC(=O)c3cc(-c4ccccc4)on3)CCCCCC2)no1. The predicted octanol–water partition coefficient (Wildman–Crippen LogP) is 4.01. The first-order chi connectivity index (χ1) is 13.2. The number of hydrogen-bond donors (Lipinski definition) is 1. The molecule has 0 spiro atoms. The van der Waals surface area contributed by atoms with Gasteiger partial charge in [-0.05, 0) is 12.8 Å². The first kappa shape index (κ1) is 17.5. The van der Waals surface area contributed by atoms with Gasteiger partial charge in [-0.25, -0.2) is 0 Å². The molecule has 2 heterocycles. The lowest BCUT2D eigenvalue weighted by molar-refractivity contribution is 0.0867. The molecule has 0 saturated heterocycles. The second kappa shape index (κ2) is 7.34. The summed E-state index contributed by atoms with van der Waals surface area (Å²) in [6.07, 6.45) is 5.83. The Hall–Kier alpha value is -2.96. The van der Waals surface area contributed by atoms with Crippen molar-refractivity contribution in [1.82, 2.24) is 20.6 Å². The number of rotatable bonds is 4. The summed E-state index contributed by atoms with van der Waals surface area (Å²) in [6.45, 7) is 1.76. The molecule has 1 aliphatic rings. The fourth-order valence-corrected chi connectivity index (χ4v) is 3.63. The van der Waals surface area contributed by atoms with E-state index in [1.807, 2.05) is 30.3 Å². The van der Waals surface area contributed by atoms with Crippen LogP contribution in [0.3, 0.4) is 0 Å². The second-order valence-electron chi connectivity index (χ2n) is 7.03. The third-order valence-electron chi connectivity index (χ3n) is 5.07. The first-order valence-corrected chi connectivity index (χ1v) is 9.32. The van der Waals surface area contributed by atoms with Crippen molar-refractivity contribution in [1.29, 1.82) is 0 Å². The fraction of sp³-hybridized carbons (Fsp3) is 0.400. The van der Waals surface area contributed by atoms with E-state index in [9.17, 15) is 4.79 Å². The molecule has 1 aromatic carbocycles. The van der Waals surface area contributed by atoms with Crippen LogP contribution >= 0.6 is 0 Å². The van der Waals surface area contributed by atoms with Crippen LogP contribution in [0.5, 0.6) is 0 Å². The molecule has 1 amide bonds. The van der Waals surface area contributed by atoms with E-state index < -0.39 is 5.54 Å². The molecule has 0 aliphatic heterocycles. The Morgan fingerprint density at radius 1 is 1.04 bits per heavy atom. The van der Waals surface area contributed by atoms with E-state index in [1.54, 1.807) is 13.0 Å². The lowest BCUT2D eigenvalue weighted by atomic mass is 9.89. The van der Waals surface area contributed by atoms with Crippen molar-refractivity contribution < 1.29 is 13.8 Å². The zero-order valence-electron chi connectivity index (χ0n) is 15.3. The molecule has 1 fully saturated rings. The molecule has 3 aromatic rings. The summed E-state index contributed by atoms with van der Waals surface area (Å²) in [4.78, 5) is 17.3. The molecule has 1 aliphatic carbocycles. The minimum absolute atomic E-state index is 0.248. The highest BCUT2D eigenvalue weighted by atomic mass is 16.5. The number of carbonyl (C=O) groups is 1. The monoisotopic (exact) mass is 366 g/mol. The van der Waals surface area contributed by atoms with Gasteiger partial charge in [-0.1, -0.05) is 66.3 Å². The smallest absolute Gasteiger partial charge is 0.274 e. The lowest BCUT2D eigenvalue weighted by Gasteiger charge is -2.30. The molecule has 0 bridgehead atoms. The molecule has 0 unspecified atom stereocenters. The largest absolute Gasteiger partial charge is 0.355 e. The molecule has 2 aromatic heterocycles. The summed E-state index contributed by atoms with van der Waals surface area (Å²) in [5.74, 6) is 1.31. The van der Waals surface area contributed by atoms with E-state index >= 15 is 0 Å². The van der Waals surface area contributed by atoms with E-state index in [0.29, 0.717) is 17.5 Å². The number of nitrogens with one attached hydrogen (secondary N) is 1. The van der Waals surface area contributed by atoms with Crippen LogP contribution in [0.15, 0.2) is 45.4 Å². The molecule has 0 atom stereocenters. The van der Waals surface area contributed by atoms with Crippen molar-refractivity contribution >= 4 is 5.91 Å². The maximum absolute atomic E-state index is 12.9. The molecule has 140 valence electrons. The standard InChI is InChI=1S/C20H22N4O3/c1-14-21-19(24-26-14)20(11-7-2-3-8-12-20)22-18(25)16-13-17(27-23-16)15-9-5-4-6-10-15/h4-6,9-10,13H,2-3,7-8,11-12H2,1H3,(H,22,25). The van der Waals surface area contributed by atoms with Gasteiger partial charge in [-0.15, -0.1) is 0 Å². The van der Waals surface area contributed by atoms with Crippen molar-refractivity contribution in [2.24, 2.45) is 0 Å². The van der Waals surface area contributed by atoms with Gasteiger partial charge in [0.2, 0.25) is 5.89 Å². The summed E-state index contributed by atoms with van der Waals surface area (Å²) in [5.41, 5.74) is 0.497. The first-order valence-electron chi connectivity index (χ1n) is 9.32. The van der Waals surface area contributed by atoms with Gasteiger partial charge in [0.05, 0.1) is 0 Å². The van der Waals surface area contributed by atoms with Gasteiger partial charge < -0.3 is 14.4 Å². The number of nitrogens with zero attached hydrogens (tertiary/aromatic N) is 3. The van der Waals surface area contributed by atoms with Crippen LogP contribution in [0, 0.1) is 6.92 Å². The summed E-state index contributed by atoms with van der Waals surface area (Å²) in [6, 6.07) is 11.2. The van der Waals surface area contributed by atoms with E-state index in [4.69, 9.17) is 9.05 Å². The van der Waals surface area contributed by atoms with E-state index in [1.165, 1.54) is 0 Å². The maximum atomic E-state index is 12.9. The molecule has 7 nitrogen and oxygen atoms in total. The molecular weight excluding hydrogens is 344 g/mol. The van der Waals surface area contributed by atoms with Crippen LogP contribution in [0.4, 0.5) is 0 Å². The molecular formula is C20H22N4O3. The zero-order valence-corrected chi connectivity index (χ0v) is 15.3. The third-order valence-corrected chi connectivity index (χ3v) is 5.07. The Kier molecular flexibility index (Phi) is 4.75. The molecule has 1 saturated carbocycles. The fourth-order valence-electron chi connectivity index (χ4n) is 3.63. The van der Waals surface area contributed by atoms with E-state index in [0.717, 1.165) is 44.1 Å². The van der Waals surface area contributed by atoms with Crippen molar-refractivity contribution in [2.45, 2.75) is 51.0 Å². The van der Waals surface area contributed by atoms with Gasteiger partial charge >= 0.3 is 0 Å². The van der Waals surface area contributed by atoms with Crippen LogP contribution in [0.25, 0.3) is 11.3 Å². The molecule has 0 radical (unpaired) electrons. The number of carbonyl (C=O) groups excluding carboxylic acids is 1. The lowest BCUT2D eigenvalue weighted by Crippen LogP contribution is -2.46. The normalized spacial score (nSPS) is 16.6. The Morgan fingerprint density at radius 2 is 1.78 bits per heavy atom. The maximum Gasteiger partial charge on any atom is 0.274 e. The number of hydrogen-bond acceptors (Lipinski definition) is 6. The second-order valence-corrected chi connectivity index (χ2v) is 7.03. The van der Waals surface area contributed by atoms with Gasteiger partial charge in [0.1, 0.15) is 5.54 Å². The Balaban J connectivity index is 1.60. The summed E-state index contributed by atoms with van der Waals surface area (Å²) < 4.78 is 10.6. The Bertz CT molecular complexity index is 908. The van der Waals surface area contributed by atoms with Crippen molar-refractivity contribution in [3.63, 3.8) is 0 Å². The number of aryl methyl sites for hydroxylation is 1. The minimum Gasteiger partial charge on any atom is -0.355 e. The van der Waals surface area contributed by atoms with Crippen LogP contribution in [-0.4, -0.2) is 21.2 Å². The number of aromatic nitrogens is 3. The highest BCUT2D eigenvalue weighted by Gasteiger charge is 2.39. The highest BCUT2D eigenvalue weighted by molar-refractivity contribution is 5.93. The van der Waals surface area contributed by atoms with Crippen LogP contribution < -0.4 is 5.32 Å². The zero-order chi connectivity index (χ0) is 18.7. The van der Waals surface area contributed by atoms with Crippen molar-refractivity contribution in [3.8, 4) is 11.3 Å². The van der Waals surface area contributed by atoms with Crippen LogP contribution in [-0.2, 0) is 5.54 Å². The molecule has 27 heavy (non-hydrogen) atoms.